The van der Waals surface area contributed by atoms with E-state index in [9.17, 15) is 13.2 Å². The van der Waals surface area contributed by atoms with E-state index in [1.807, 2.05) is 6.07 Å². The largest absolute Gasteiger partial charge is 0.495 e. The fraction of sp³-hybridized carbons (Fsp3) is 0.125. The molecular weight excluding hydrogens is 330 g/mol. The van der Waals surface area contributed by atoms with E-state index in [2.05, 4.69) is 10.0 Å². The van der Waals surface area contributed by atoms with E-state index in [0.717, 1.165) is 0 Å². The third-order valence-corrected chi connectivity index (χ3v) is 4.40. The van der Waals surface area contributed by atoms with Crippen LogP contribution in [0.5, 0.6) is 5.75 Å². The fourth-order valence-electron chi connectivity index (χ4n) is 2.01. The predicted octanol–water partition coefficient (Wildman–Crippen LogP) is 2.33. The summed E-state index contributed by atoms with van der Waals surface area (Å²) in [7, 11) is -2.51. The first-order valence-corrected chi connectivity index (χ1v) is 8.32. The summed E-state index contributed by atoms with van der Waals surface area (Å²) in [6.07, 6.45) is 0. The van der Waals surface area contributed by atoms with Gasteiger partial charge in [0, 0.05) is 12.6 Å². The standard InChI is InChI=1S/C16H15N3O4S/c1-11(20)18-13-6-7-16(23-2)15(9-13)19-24(21,22)14-5-3-4-12(8-14)10-17/h3-9,19H,1-2H3,(H,18,20). The van der Waals surface area contributed by atoms with Crippen LogP contribution < -0.4 is 14.8 Å². The Hall–Kier alpha value is -3.05. The van der Waals surface area contributed by atoms with Crippen molar-refractivity contribution >= 4 is 27.3 Å². The molecule has 0 aliphatic rings. The Morgan fingerprint density at radius 2 is 1.96 bits per heavy atom. The number of carbonyl (C=O) groups is 1. The Kier molecular flexibility index (Phi) is 5.06. The van der Waals surface area contributed by atoms with Gasteiger partial charge in [-0.25, -0.2) is 8.42 Å². The fourth-order valence-corrected chi connectivity index (χ4v) is 3.11. The summed E-state index contributed by atoms with van der Waals surface area (Å²) >= 11 is 0. The number of rotatable bonds is 5. The van der Waals surface area contributed by atoms with Crippen LogP contribution in [0, 0.1) is 11.3 Å². The first-order valence-electron chi connectivity index (χ1n) is 6.84. The number of benzene rings is 2. The summed E-state index contributed by atoms with van der Waals surface area (Å²) in [6.45, 7) is 1.35. The van der Waals surface area contributed by atoms with Crippen molar-refractivity contribution in [2.45, 2.75) is 11.8 Å². The van der Waals surface area contributed by atoms with Gasteiger partial charge in [0.2, 0.25) is 5.91 Å². The van der Waals surface area contributed by atoms with Gasteiger partial charge < -0.3 is 10.1 Å². The molecule has 0 aliphatic carbocycles. The van der Waals surface area contributed by atoms with Crippen molar-refractivity contribution in [1.82, 2.24) is 0 Å². The molecule has 0 saturated carbocycles. The molecule has 0 unspecified atom stereocenters. The zero-order valence-electron chi connectivity index (χ0n) is 13.0. The van der Waals surface area contributed by atoms with Crippen LogP contribution in [0.15, 0.2) is 47.4 Å². The minimum Gasteiger partial charge on any atom is -0.495 e. The topological polar surface area (TPSA) is 108 Å². The number of amides is 1. The molecule has 0 fully saturated rings. The van der Waals surface area contributed by atoms with Gasteiger partial charge in [0.15, 0.2) is 0 Å². The molecule has 8 heteroatoms. The van der Waals surface area contributed by atoms with Crippen molar-refractivity contribution in [2.75, 3.05) is 17.1 Å². The lowest BCUT2D eigenvalue weighted by molar-refractivity contribution is -0.114. The minimum absolute atomic E-state index is 0.0477. The molecule has 0 radical (unpaired) electrons. The van der Waals surface area contributed by atoms with E-state index in [1.54, 1.807) is 6.07 Å². The second-order valence-corrected chi connectivity index (χ2v) is 6.52. The zero-order chi connectivity index (χ0) is 17.7. The Bertz CT molecular complexity index is 917. The molecule has 2 rings (SSSR count). The van der Waals surface area contributed by atoms with E-state index in [-0.39, 0.29) is 22.1 Å². The lowest BCUT2D eigenvalue weighted by Crippen LogP contribution is -2.14. The van der Waals surface area contributed by atoms with Gasteiger partial charge in [-0.2, -0.15) is 5.26 Å². The Labute approximate surface area is 139 Å². The highest BCUT2D eigenvalue weighted by molar-refractivity contribution is 7.92. The monoisotopic (exact) mass is 345 g/mol. The predicted molar refractivity (Wildman–Crippen MR) is 89.3 cm³/mol. The molecular formula is C16H15N3O4S. The van der Waals surface area contributed by atoms with Gasteiger partial charge in [0.1, 0.15) is 5.75 Å². The quantitative estimate of drug-likeness (QED) is 0.864. The Balaban J connectivity index is 2.41. The molecule has 0 atom stereocenters. The van der Waals surface area contributed by atoms with Crippen LogP contribution >= 0.6 is 0 Å². The van der Waals surface area contributed by atoms with E-state index in [0.29, 0.717) is 11.4 Å². The highest BCUT2D eigenvalue weighted by Crippen LogP contribution is 2.30. The number of nitrogens with zero attached hydrogens (tertiary/aromatic N) is 1. The summed E-state index contributed by atoms with van der Waals surface area (Å²) in [6, 6.07) is 12.1. The van der Waals surface area contributed by atoms with Gasteiger partial charge in [-0.3, -0.25) is 9.52 Å². The van der Waals surface area contributed by atoms with E-state index < -0.39 is 10.0 Å². The van der Waals surface area contributed by atoms with Crippen LogP contribution in [-0.4, -0.2) is 21.4 Å². The van der Waals surface area contributed by atoms with Crippen molar-refractivity contribution in [3.8, 4) is 11.8 Å². The summed E-state index contributed by atoms with van der Waals surface area (Å²) in [4.78, 5) is 11.1. The average Bonchev–Trinajstić information content (AvgIpc) is 2.54. The second kappa shape index (κ2) is 7.02. The van der Waals surface area contributed by atoms with Gasteiger partial charge in [-0.05, 0) is 36.4 Å². The highest BCUT2D eigenvalue weighted by atomic mass is 32.2. The first-order chi connectivity index (χ1) is 11.4. The zero-order valence-corrected chi connectivity index (χ0v) is 13.8. The molecule has 0 heterocycles. The molecule has 0 spiro atoms. The molecule has 24 heavy (non-hydrogen) atoms. The number of nitrogens with one attached hydrogen (secondary N) is 2. The highest BCUT2D eigenvalue weighted by Gasteiger charge is 2.17. The number of sulfonamides is 1. The van der Waals surface area contributed by atoms with Crippen LogP contribution in [0.2, 0.25) is 0 Å². The summed E-state index contributed by atoms with van der Waals surface area (Å²) in [5, 5.41) is 11.5. The lowest BCUT2D eigenvalue weighted by Gasteiger charge is -2.13. The van der Waals surface area contributed by atoms with E-state index in [1.165, 1.54) is 50.4 Å². The van der Waals surface area contributed by atoms with Crippen molar-refractivity contribution in [2.24, 2.45) is 0 Å². The third-order valence-electron chi connectivity index (χ3n) is 3.04. The van der Waals surface area contributed by atoms with Gasteiger partial charge >= 0.3 is 0 Å². The SMILES string of the molecule is COc1ccc(NC(C)=O)cc1NS(=O)(=O)c1cccc(C#N)c1. The number of ether oxygens (including phenoxy) is 1. The Morgan fingerprint density at radius 1 is 1.21 bits per heavy atom. The van der Waals surface area contributed by atoms with Crippen LogP contribution in [0.4, 0.5) is 11.4 Å². The molecule has 0 aromatic heterocycles. The molecule has 2 aromatic rings. The Morgan fingerprint density at radius 3 is 2.58 bits per heavy atom. The molecule has 0 aliphatic heterocycles. The number of anilines is 2. The van der Waals surface area contributed by atoms with Gasteiger partial charge in [0.05, 0.1) is 29.3 Å². The van der Waals surface area contributed by atoms with E-state index >= 15 is 0 Å². The van der Waals surface area contributed by atoms with Crippen molar-refractivity contribution < 1.29 is 17.9 Å². The van der Waals surface area contributed by atoms with E-state index in [4.69, 9.17) is 10.00 Å². The van der Waals surface area contributed by atoms with Crippen LogP contribution in [0.25, 0.3) is 0 Å². The molecule has 0 bridgehead atoms. The molecule has 1 amide bonds. The number of hydrogen-bond donors (Lipinski definition) is 2. The average molecular weight is 345 g/mol. The van der Waals surface area contributed by atoms with Crippen LogP contribution in [0.3, 0.4) is 0 Å². The van der Waals surface area contributed by atoms with Crippen molar-refractivity contribution in [1.29, 1.82) is 5.26 Å². The maximum atomic E-state index is 12.5. The van der Waals surface area contributed by atoms with Crippen LogP contribution in [0.1, 0.15) is 12.5 Å². The normalized spacial score (nSPS) is 10.5. The minimum atomic E-state index is -3.92. The molecule has 0 saturated heterocycles. The lowest BCUT2D eigenvalue weighted by atomic mass is 10.2. The summed E-state index contributed by atoms with van der Waals surface area (Å²) in [5.74, 6) is 0.0137. The second-order valence-electron chi connectivity index (χ2n) is 4.84. The number of methoxy groups -OCH3 is 1. The van der Waals surface area contributed by atoms with Crippen molar-refractivity contribution in [3.05, 3.63) is 48.0 Å². The first kappa shape index (κ1) is 17.3. The van der Waals surface area contributed by atoms with Gasteiger partial charge in [-0.1, -0.05) is 6.07 Å². The summed E-state index contributed by atoms with van der Waals surface area (Å²) < 4.78 is 32.6. The molecule has 124 valence electrons. The summed E-state index contributed by atoms with van der Waals surface area (Å²) in [5.41, 5.74) is 0.828. The smallest absolute Gasteiger partial charge is 0.262 e. The molecule has 2 N–H and O–H groups in total. The third kappa shape index (κ3) is 4.02. The number of carbonyl (C=O) groups excluding carboxylic acids is 1. The van der Waals surface area contributed by atoms with Gasteiger partial charge in [0.25, 0.3) is 10.0 Å². The molecule has 7 nitrogen and oxygen atoms in total. The van der Waals surface area contributed by atoms with Crippen molar-refractivity contribution in [3.63, 3.8) is 0 Å². The maximum absolute atomic E-state index is 12.5. The van der Waals surface area contributed by atoms with Crippen LogP contribution in [-0.2, 0) is 14.8 Å². The number of hydrogen-bond acceptors (Lipinski definition) is 5. The molecule has 2 aromatic carbocycles. The van der Waals surface area contributed by atoms with Gasteiger partial charge in [-0.15, -0.1) is 0 Å². The number of nitriles is 1. The maximum Gasteiger partial charge on any atom is 0.262 e.